The van der Waals surface area contributed by atoms with Crippen LogP contribution in [0.15, 0.2) is 11.4 Å². The van der Waals surface area contributed by atoms with E-state index in [1.165, 1.54) is 0 Å². The molecule has 1 heterocycles. The summed E-state index contributed by atoms with van der Waals surface area (Å²) < 4.78 is 5.45. The number of hydrogen-bond acceptors (Lipinski definition) is 3. The van der Waals surface area contributed by atoms with Crippen LogP contribution in [0.2, 0.25) is 5.02 Å². The predicted octanol–water partition coefficient (Wildman–Crippen LogP) is 3.22. The Labute approximate surface area is 94.0 Å². The molecule has 0 fully saturated rings. The van der Waals surface area contributed by atoms with Crippen LogP contribution in [0.25, 0.3) is 0 Å². The van der Waals surface area contributed by atoms with Gasteiger partial charge in [-0.05, 0) is 24.8 Å². The number of ether oxygens (including phenoxy) is 1. The third-order valence-corrected chi connectivity index (χ3v) is 4.20. The van der Waals surface area contributed by atoms with Crippen LogP contribution in [0.4, 0.5) is 0 Å². The van der Waals surface area contributed by atoms with Crippen molar-refractivity contribution in [2.24, 2.45) is 5.73 Å². The second kappa shape index (κ2) is 4.62. The lowest BCUT2D eigenvalue weighted by Gasteiger charge is -2.32. The first-order valence-electron chi connectivity index (χ1n) is 4.58. The topological polar surface area (TPSA) is 35.2 Å². The van der Waals surface area contributed by atoms with Crippen LogP contribution in [0.3, 0.4) is 0 Å². The first-order valence-corrected chi connectivity index (χ1v) is 5.84. The molecule has 2 N–H and O–H groups in total. The van der Waals surface area contributed by atoms with Gasteiger partial charge in [0.2, 0.25) is 0 Å². The molecule has 14 heavy (non-hydrogen) atoms. The average molecular weight is 234 g/mol. The minimum absolute atomic E-state index is 0.162. The highest BCUT2D eigenvalue weighted by Gasteiger charge is 2.32. The molecule has 0 saturated heterocycles. The molecule has 0 aliphatic heterocycles. The minimum Gasteiger partial charge on any atom is -0.377 e. The third kappa shape index (κ3) is 2.11. The van der Waals surface area contributed by atoms with E-state index in [2.05, 4.69) is 6.92 Å². The Kier molecular flexibility index (Phi) is 3.95. The van der Waals surface area contributed by atoms with E-state index in [0.29, 0.717) is 0 Å². The molecule has 0 bridgehead atoms. The first-order chi connectivity index (χ1) is 6.55. The van der Waals surface area contributed by atoms with E-state index in [1.54, 1.807) is 18.4 Å². The van der Waals surface area contributed by atoms with Gasteiger partial charge in [-0.15, -0.1) is 11.3 Å². The van der Waals surface area contributed by atoms with Crippen molar-refractivity contribution in [3.63, 3.8) is 0 Å². The number of rotatable bonds is 4. The molecular formula is C10H16ClNOS. The first kappa shape index (κ1) is 12.0. The Morgan fingerprint density at radius 1 is 1.71 bits per heavy atom. The smallest absolute Gasteiger partial charge is 0.0848 e. The summed E-state index contributed by atoms with van der Waals surface area (Å²) in [6.45, 7) is 4.07. The van der Waals surface area contributed by atoms with E-state index in [9.17, 15) is 0 Å². The van der Waals surface area contributed by atoms with Gasteiger partial charge in [0.1, 0.15) is 0 Å². The van der Waals surface area contributed by atoms with Gasteiger partial charge in [0.15, 0.2) is 0 Å². The molecule has 2 nitrogen and oxygen atoms in total. The number of methoxy groups -OCH3 is 1. The molecular weight excluding hydrogens is 218 g/mol. The predicted molar refractivity (Wildman–Crippen MR) is 62.0 cm³/mol. The quantitative estimate of drug-likeness (QED) is 0.867. The fourth-order valence-corrected chi connectivity index (χ4v) is 2.61. The summed E-state index contributed by atoms with van der Waals surface area (Å²) in [5, 5.41) is 2.68. The maximum Gasteiger partial charge on any atom is 0.0848 e. The maximum atomic E-state index is 6.14. The van der Waals surface area contributed by atoms with E-state index in [-0.39, 0.29) is 11.6 Å². The Morgan fingerprint density at radius 3 is 2.71 bits per heavy atom. The average Bonchev–Trinajstić information content (AvgIpc) is 2.62. The molecule has 0 amide bonds. The van der Waals surface area contributed by atoms with Crippen molar-refractivity contribution in [1.29, 1.82) is 0 Å². The second-order valence-electron chi connectivity index (χ2n) is 3.48. The molecule has 4 heteroatoms. The lowest BCUT2D eigenvalue weighted by atomic mass is 9.93. The van der Waals surface area contributed by atoms with Crippen LogP contribution in [0.1, 0.15) is 31.2 Å². The molecule has 1 aromatic rings. The molecule has 1 rings (SSSR count). The molecule has 2 atom stereocenters. The molecule has 2 unspecified atom stereocenters. The highest BCUT2D eigenvalue weighted by Crippen LogP contribution is 2.36. The SMILES string of the molecule is CCC(C)(OC)C(N)c1sccc1Cl. The van der Waals surface area contributed by atoms with E-state index in [0.717, 1.165) is 16.3 Å². The van der Waals surface area contributed by atoms with Crippen molar-refractivity contribution < 1.29 is 4.74 Å². The largest absolute Gasteiger partial charge is 0.377 e. The Bertz CT molecular complexity index is 296. The van der Waals surface area contributed by atoms with Gasteiger partial charge in [-0.2, -0.15) is 0 Å². The fourth-order valence-electron chi connectivity index (χ4n) is 1.30. The molecule has 0 aliphatic carbocycles. The zero-order chi connectivity index (χ0) is 10.8. The van der Waals surface area contributed by atoms with Crippen molar-refractivity contribution in [2.75, 3.05) is 7.11 Å². The molecule has 0 spiro atoms. The molecule has 0 aromatic carbocycles. The van der Waals surface area contributed by atoms with E-state index >= 15 is 0 Å². The maximum absolute atomic E-state index is 6.14. The van der Waals surface area contributed by atoms with Crippen molar-refractivity contribution in [2.45, 2.75) is 31.9 Å². The molecule has 0 saturated carbocycles. The van der Waals surface area contributed by atoms with Crippen molar-refractivity contribution >= 4 is 22.9 Å². The van der Waals surface area contributed by atoms with Crippen molar-refractivity contribution in [1.82, 2.24) is 0 Å². The Balaban J connectivity index is 2.94. The molecule has 1 aromatic heterocycles. The van der Waals surface area contributed by atoms with Gasteiger partial charge >= 0.3 is 0 Å². The summed E-state index contributed by atoms with van der Waals surface area (Å²) in [7, 11) is 1.69. The standard InChI is InChI=1S/C10H16ClNOS/c1-4-10(2,13-3)9(12)8-7(11)5-6-14-8/h5-6,9H,4,12H2,1-3H3. The van der Waals surface area contributed by atoms with Crippen LogP contribution >= 0.6 is 22.9 Å². The van der Waals surface area contributed by atoms with Crippen LogP contribution in [0.5, 0.6) is 0 Å². The van der Waals surface area contributed by atoms with Gasteiger partial charge in [-0.3, -0.25) is 0 Å². The summed E-state index contributed by atoms with van der Waals surface area (Å²) in [4.78, 5) is 0.998. The number of nitrogens with two attached hydrogens (primary N) is 1. The van der Waals surface area contributed by atoms with E-state index in [1.807, 2.05) is 18.4 Å². The highest BCUT2D eigenvalue weighted by atomic mass is 35.5. The summed E-state index contributed by atoms with van der Waals surface area (Å²) in [5.74, 6) is 0. The van der Waals surface area contributed by atoms with Crippen molar-refractivity contribution in [3.8, 4) is 0 Å². The van der Waals surface area contributed by atoms with Crippen LogP contribution in [0, 0.1) is 0 Å². The van der Waals surface area contributed by atoms with Gasteiger partial charge in [-0.25, -0.2) is 0 Å². The number of halogens is 1. The fraction of sp³-hybridized carbons (Fsp3) is 0.600. The van der Waals surface area contributed by atoms with Gasteiger partial charge in [0.05, 0.1) is 16.7 Å². The zero-order valence-corrected chi connectivity index (χ0v) is 10.3. The highest BCUT2D eigenvalue weighted by molar-refractivity contribution is 7.10. The van der Waals surface area contributed by atoms with Crippen LogP contribution < -0.4 is 5.73 Å². The van der Waals surface area contributed by atoms with Crippen LogP contribution in [-0.4, -0.2) is 12.7 Å². The summed E-state index contributed by atoms with van der Waals surface area (Å²) in [6.07, 6.45) is 0.860. The number of thiophene rings is 1. The number of hydrogen-bond donors (Lipinski definition) is 1. The third-order valence-electron chi connectivity index (χ3n) is 2.75. The van der Waals surface area contributed by atoms with Gasteiger partial charge in [-0.1, -0.05) is 18.5 Å². The molecule has 0 aliphatic rings. The van der Waals surface area contributed by atoms with Crippen molar-refractivity contribution in [3.05, 3.63) is 21.3 Å². The van der Waals surface area contributed by atoms with Gasteiger partial charge in [0, 0.05) is 12.0 Å². The van der Waals surface area contributed by atoms with Crippen LogP contribution in [-0.2, 0) is 4.74 Å². The second-order valence-corrected chi connectivity index (χ2v) is 4.84. The molecule has 0 radical (unpaired) electrons. The Hall–Kier alpha value is -0.0900. The van der Waals surface area contributed by atoms with Gasteiger partial charge < -0.3 is 10.5 Å². The van der Waals surface area contributed by atoms with E-state index in [4.69, 9.17) is 22.1 Å². The molecule has 80 valence electrons. The lowest BCUT2D eigenvalue weighted by Crippen LogP contribution is -2.39. The summed E-state index contributed by atoms with van der Waals surface area (Å²) in [5.41, 5.74) is 5.80. The normalized spacial score (nSPS) is 17.8. The van der Waals surface area contributed by atoms with Gasteiger partial charge in [0.25, 0.3) is 0 Å². The monoisotopic (exact) mass is 233 g/mol. The Morgan fingerprint density at radius 2 is 2.36 bits per heavy atom. The summed E-state index contributed by atoms with van der Waals surface area (Å²) >= 11 is 7.61. The zero-order valence-electron chi connectivity index (χ0n) is 8.71. The summed E-state index contributed by atoms with van der Waals surface area (Å²) in [6, 6.07) is 1.71. The van der Waals surface area contributed by atoms with E-state index < -0.39 is 0 Å². The lowest BCUT2D eigenvalue weighted by molar-refractivity contribution is -0.0185. The minimum atomic E-state index is -0.339.